The number of thiophene rings is 1. The predicted molar refractivity (Wildman–Crippen MR) is 66.7 cm³/mol. The largest absolute Gasteiger partial charge is 0.479 e. The summed E-state index contributed by atoms with van der Waals surface area (Å²) in [5.74, 6) is -1.02. The molecule has 0 radical (unpaired) electrons. The minimum absolute atomic E-state index is 0.254. The molecule has 2 rings (SSSR count). The van der Waals surface area contributed by atoms with Crippen LogP contribution in [0.3, 0.4) is 0 Å². The molecule has 6 heteroatoms. The van der Waals surface area contributed by atoms with Gasteiger partial charge in [0.05, 0.1) is 6.10 Å². The third kappa shape index (κ3) is 2.33. The Bertz CT molecular complexity index is 468. The molecule has 1 unspecified atom stereocenters. The molecule has 0 fully saturated rings. The maximum atomic E-state index is 11.9. The molecule has 0 aromatic carbocycles. The molecule has 0 saturated carbocycles. The summed E-state index contributed by atoms with van der Waals surface area (Å²) in [7, 11) is 0. The van der Waals surface area contributed by atoms with Crippen LogP contribution in [-0.2, 0) is 16.0 Å². The molecule has 1 aromatic heterocycles. The normalized spacial score (nSPS) is 18.6. The smallest absolute Gasteiger partial charge is 0.411 e. The van der Waals surface area contributed by atoms with Gasteiger partial charge in [0.25, 0.3) is 0 Å². The average Bonchev–Trinajstić information content (AvgIpc) is 2.73. The highest BCUT2D eigenvalue weighted by molar-refractivity contribution is 7.10. The van der Waals surface area contributed by atoms with Gasteiger partial charge in [0.15, 0.2) is 6.04 Å². The van der Waals surface area contributed by atoms with Crippen LogP contribution in [-0.4, -0.2) is 34.7 Å². The Balaban J connectivity index is 2.27. The molecule has 0 saturated heterocycles. The molecule has 1 aromatic rings. The van der Waals surface area contributed by atoms with E-state index in [1.807, 2.05) is 5.38 Å². The summed E-state index contributed by atoms with van der Waals surface area (Å²) in [6, 6.07) is 0.847. The average molecular weight is 269 g/mol. The maximum Gasteiger partial charge on any atom is 0.411 e. The van der Waals surface area contributed by atoms with Crippen LogP contribution in [0.15, 0.2) is 11.4 Å². The SMILES string of the molecule is CC(C)OC(=O)N1CCc2sccc2C1C(=O)O. The number of nitrogens with zero attached hydrogens (tertiary/aromatic N) is 1. The van der Waals surface area contributed by atoms with Crippen molar-refractivity contribution in [1.29, 1.82) is 0 Å². The number of hydrogen-bond donors (Lipinski definition) is 1. The first-order chi connectivity index (χ1) is 8.50. The molecule has 1 aliphatic rings. The Kier molecular flexibility index (Phi) is 3.56. The van der Waals surface area contributed by atoms with Crippen LogP contribution in [0.25, 0.3) is 0 Å². The van der Waals surface area contributed by atoms with Crippen molar-refractivity contribution < 1.29 is 19.4 Å². The number of carboxylic acid groups (broad SMARTS) is 1. The number of fused-ring (bicyclic) bond motifs is 1. The molecule has 18 heavy (non-hydrogen) atoms. The molecular weight excluding hydrogens is 254 g/mol. The quantitative estimate of drug-likeness (QED) is 0.894. The third-order valence-corrected chi connectivity index (χ3v) is 3.77. The predicted octanol–water partition coefficient (Wildman–Crippen LogP) is 2.28. The summed E-state index contributed by atoms with van der Waals surface area (Å²) in [5, 5.41) is 11.2. The third-order valence-electron chi connectivity index (χ3n) is 2.77. The zero-order valence-electron chi connectivity index (χ0n) is 10.3. The van der Waals surface area contributed by atoms with E-state index in [9.17, 15) is 14.7 Å². The van der Waals surface area contributed by atoms with Crippen LogP contribution in [0.4, 0.5) is 4.79 Å². The molecule has 0 aliphatic carbocycles. The van der Waals surface area contributed by atoms with Crippen molar-refractivity contribution in [2.24, 2.45) is 0 Å². The van der Waals surface area contributed by atoms with Gasteiger partial charge in [-0.1, -0.05) is 0 Å². The first-order valence-corrected chi connectivity index (χ1v) is 6.65. The maximum absolute atomic E-state index is 11.9. The zero-order valence-corrected chi connectivity index (χ0v) is 11.1. The highest BCUT2D eigenvalue weighted by atomic mass is 32.1. The second kappa shape index (κ2) is 4.97. The summed E-state index contributed by atoms with van der Waals surface area (Å²) < 4.78 is 5.09. The van der Waals surface area contributed by atoms with E-state index in [0.29, 0.717) is 18.5 Å². The van der Waals surface area contributed by atoms with Gasteiger partial charge in [-0.2, -0.15) is 0 Å². The van der Waals surface area contributed by atoms with E-state index >= 15 is 0 Å². The number of carbonyl (C=O) groups is 2. The minimum Gasteiger partial charge on any atom is -0.479 e. The van der Waals surface area contributed by atoms with Gasteiger partial charge in [-0.15, -0.1) is 11.3 Å². The Morgan fingerprint density at radius 2 is 2.28 bits per heavy atom. The van der Waals surface area contributed by atoms with Crippen LogP contribution >= 0.6 is 11.3 Å². The van der Waals surface area contributed by atoms with E-state index in [0.717, 1.165) is 4.88 Å². The number of carboxylic acids is 1. The minimum atomic E-state index is -1.02. The Morgan fingerprint density at radius 3 is 2.89 bits per heavy atom. The molecule has 2 heterocycles. The Labute approximate surface area is 109 Å². The monoisotopic (exact) mass is 269 g/mol. The van der Waals surface area contributed by atoms with Gasteiger partial charge in [-0.25, -0.2) is 9.59 Å². The summed E-state index contributed by atoms with van der Waals surface area (Å²) in [5.41, 5.74) is 0.708. The molecule has 5 nitrogen and oxygen atoms in total. The molecule has 1 aliphatic heterocycles. The fraction of sp³-hybridized carbons (Fsp3) is 0.500. The van der Waals surface area contributed by atoms with Crippen molar-refractivity contribution in [3.05, 3.63) is 21.9 Å². The van der Waals surface area contributed by atoms with Gasteiger partial charge in [-0.05, 0) is 37.3 Å². The second-order valence-corrected chi connectivity index (χ2v) is 5.42. The lowest BCUT2D eigenvalue weighted by Gasteiger charge is -2.32. The standard InChI is InChI=1S/C12H15NO4S/c1-7(2)17-12(16)13-5-3-9-8(4-6-18-9)10(13)11(14)15/h4,6-7,10H,3,5H2,1-2H3,(H,14,15). The Morgan fingerprint density at radius 1 is 1.56 bits per heavy atom. The molecule has 0 spiro atoms. The van der Waals surface area contributed by atoms with Gasteiger partial charge in [0.2, 0.25) is 0 Å². The number of carbonyl (C=O) groups excluding carboxylic acids is 1. The van der Waals surface area contributed by atoms with Crippen LogP contribution in [0.5, 0.6) is 0 Å². The summed E-state index contributed by atoms with van der Waals surface area (Å²) in [4.78, 5) is 25.6. The van der Waals surface area contributed by atoms with E-state index in [4.69, 9.17) is 4.74 Å². The van der Waals surface area contributed by atoms with Gasteiger partial charge in [0.1, 0.15) is 0 Å². The fourth-order valence-electron chi connectivity index (χ4n) is 2.05. The number of rotatable bonds is 2. The van der Waals surface area contributed by atoms with Crippen molar-refractivity contribution in [1.82, 2.24) is 4.90 Å². The van der Waals surface area contributed by atoms with Crippen molar-refractivity contribution in [2.45, 2.75) is 32.4 Å². The van der Waals surface area contributed by atoms with E-state index in [-0.39, 0.29) is 6.10 Å². The van der Waals surface area contributed by atoms with E-state index < -0.39 is 18.1 Å². The van der Waals surface area contributed by atoms with E-state index in [1.54, 1.807) is 19.9 Å². The molecule has 1 amide bonds. The van der Waals surface area contributed by atoms with Crippen molar-refractivity contribution in [2.75, 3.05) is 6.54 Å². The number of hydrogen-bond acceptors (Lipinski definition) is 4. The molecule has 98 valence electrons. The highest BCUT2D eigenvalue weighted by Gasteiger charge is 2.37. The topological polar surface area (TPSA) is 66.8 Å². The van der Waals surface area contributed by atoms with Crippen molar-refractivity contribution in [3.8, 4) is 0 Å². The van der Waals surface area contributed by atoms with Crippen molar-refractivity contribution >= 4 is 23.4 Å². The fourth-order valence-corrected chi connectivity index (χ4v) is 2.95. The first kappa shape index (κ1) is 12.9. The van der Waals surface area contributed by atoms with Crippen molar-refractivity contribution in [3.63, 3.8) is 0 Å². The zero-order chi connectivity index (χ0) is 13.3. The summed E-state index contributed by atoms with van der Waals surface area (Å²) in [6.07, 6.45) is -0.130. The van der Waals surface area contributed by atoms with Crippen LogP contribution < -0.4 is 0 Å². The van der Waals surface area contributed by atoms with E-state index in [1.165, 1.54) is 16.2 Å². The van der Waals surface area contributed by atoms with Gasteiger partial charge in [-0.3, -0.25) is 4.90 Å². The Hall–Kier alpha value is -1.56. The molecule has 0 bridgehead atoms. The van der Waals surface area contributed by atoms with Crippen LogP contribution in [0.1, 0.15) is 30.3 Å². The number of amides is 1. The summed E-state index contributed by atoms with van der Waals surface area (Å²) >= 11 is 1.53. The summed E-state index contributed by atoms with van der Waals surface area (Å²) in [6.45, 7) is 3.87. The molecule has 1 N–H and O–H groups in total. The lowest BCUT2D eigenvalue weighted by atomic mass is 10.0. The van der Waals surface area contributed by atoms with Crippen LogP contribution in [0, 0.1) is 0 Å². The second-order valence-electron chi connectivity index (χ2n) is 4.42. The lowest BCUT2D eigenvalue weighted by Crippen LogP contribution is -2.43. The molecule has 1 atom stereocenters. The first-order valence-electron chi connectivity index (χ1n) is 5.77. The lowest BCUT2D eigenvalue weighted by molar-refractivity contribution is -0.143. The van der Waals surface area contributed by atoms with Crippen LogP contribution in [0.2, 0.25) is 0 Å². The van der Waals surface area contributed by atoms with E-state index in [2.05, 4.69) is 0 Å². The molecular formula is C12H15NO4S. The van der Waals surface area contributed by atoms with Gasteiger partial charge >= 0.3 is 12.1 Å². The highest BCUT2D eigenvalue weighted by Crippen LogP contribution is 2.33. The number of aliphatic carboxylic acids is 1. The number of ether oxygens (including phenoxy) is 1. The van der Waals surface area contributed by atoms with Gasteiger partial charge < -0.3 is 9.84 Å². The van der Waals surface area contributed by atoms with Gasteiger partial charge in [0, 0.05) is 11.4 Å².